The Morgan fingerprint density at radius 3 is 2.45 bits per heavy atom. The number of aromatic nitrogens is 2. The molecule has 2 amide bonds. The van der Waals surface area contributed by atoms with Crippen molar-refractivity contribution in [1.29, 1.82) is 0 Å². The van der Waals surface area contributed by atoms with Gasteiger partial charge in [0.15, 0.2) is 0 Å². The summed E-state index contributed by atoms with van der Waals surface area (Å²) in [6, 6.07) is 14.3. The number of benzene rings is 1. The summed E-state index contributed by atoms with van der Waals surface area (Å²) in [5, 5.41) is 12.2. The summed E-state index contributed by atoms with van der Waals surface area (Å²) in [5.41, 5.74) is 3.53. The van der Waals surface area contributed by atoms with Crippen LogP contribution >= 0.6 is 0 Å². The molecule has 9 heteroatoms. The van der Waals surface area contributed by atoms with Gasteiger partial charge in [-0.2, -0.15) is 5.10 Å². The summed E-state index contributed by atoms with van der Waals surface area (Å²) < 4.78 is 0. The van der Waals surface area contributed by atoms with Gasteiger partial charge >= 0.3 is 0 Å². The molecular weight excluding hydrogens is 394 g/mol. The van der Waals surface area contributed by atoms with Crippen LogP contribution in [0.1, 0.15) is 28.4 Å². The van der Waals surface area contributed by atoms with Crippen molar-refractivity contribution in [2.45, 2.75) is 19.1 Å². The maximum absolute atomic E-state index is 12.8. The van der Waals surface area contributed by atoms with Gasteiger partial charge in [-0.15, -0.1) is 0 Å². The van der Waals surface area contributed by atoms with Crippen molar-refractivity contribution in [2.24, 2.45) is 10.9 Å². The fraction of sp³-hybridized carbons (Fsp3) is 0.182. The Hall–Kier alpha value is -3.98. The summed E-state index contributed by atoms with van der Waals surface area (Å²) in [4.78, 5) is 31.9. The first-order chi connectivity index (χ1) is 15.2. The van der Waals surface area contributed by atoms with Crippen LogP contribution in [0.15, 0.2) is 72.2 Å². The van der Waals surface area contributed by atoms with Crippen molar-refractivity contribution in [3.8, 4) is 0 Å². The van der Waals surface area contributed by atoms with Gasteiger partial charge in [-0.3, -0.25) is 19.9 Å². The lowest BCUT2D eigenvalue weighted by Gasteiger charge is -2.18. The van der Waals surface area contributed by atoms with E-state index in [-0.39, 0.29) is 18.4 Å². The van der Waals surface area contributed by atoms with E-state index in [0.29, 0.717) is 18.8 Å². The Morgan fingerprint density at radius 2 is 1.77 bits per heavy atom. The van der Waals surface area contributed by atoms with Crippen LogP contribution in [0.5, 0.6) is 0 Å². The molecule has 31 heavy (non-hydrogen) atoms. The molecule has 0 spiro atoms. The first-order valence-electron chi connectivity index (χ1n) is 9.78. The van der Waals surface area contributed by atoms with Gasteiger partial charge < -0.3 is 21.5 Å². The summed E-state index contributed by atoms with van der Waals surface area (Å²) in [6.45, 7) is 0.724. The fourth-order valence-corrected chi connectivity index (χ4v) is 2.93. The van der Waals surface area contributed by atoms with E-state index in [1.54, 1.807) is 24.8 Å². The zero-order valence-corrected chi connectivity index (χ0v) is 16.9. The number of nitrogens with two attached hydrogens (primary N) is 1. The molecule has 3 rings (SSSR count). The van der Waals surface area contributed by atoms with E-state index in [9.17, 15) is 9.59 Å². The molecule has 0 aliphatic carbocycles. The normalized spacial score (nSPS) is 11.9. The molecule has 2 heterocycles. The smallest absolute Gasteiger partial charge is 0.243 e. The summed E-state index contributed by atoms with van der Waals surface area (Å²) in [6.07, 6.45) is 6.64. The third-order valence-corrected chi connectivity index (χ3v) is 4.57. The molecule has 1 aromatic carbocycles. The average Bonchev–Trinajstić information content (AvgIpc) is 3.33. The number of hydrogen-bond acceptors (Lipinski definition) is 6. The maximum Gasteiger partial charge on any atom is 0.243 e. The first kappa shape index (κ1) is 21.7. The maximum atomic E-state index is 12.8. The lowest BCUT2D eigenvalue weighted by molar-refractivity contribution is -0.127. The van der Waals surface area contributed by atoms with Crippen LogP contribution in [0.2, 0.25) is 0 Å². The number of carbonyl (C=O) groups excluding carboxylic acids is 2. The predicted molar refractivity (Wildman–Crippen MR) is 118 cm³/mol. The molecule has 1 unspecified atom stereocenters. The SMILES string of the molecule is NN=Cc1ccc(CNC(C(=O)NCC(=O)NCc2ccncc2)c2ccc[nH]2)cc1. The Kier molecular flexibility index (Phi) is 7.90. The van der Waals surface area contributed by atoms with Crippen molar-refractivity contribution in [1.82, 2.24) is 25.9 Å². The van der Waals surface area contributed by atoms with Crippen LogP contribution in [-0.2, 0) is 22.7 Å². The van der Waals surface area contributed by atoms with E-state index in [2.05, 4.69) is 31.0 Å². The molecule has 3 aromatic rings. The number of hydrogen-bond donors (Lipinski definition) is 5. The minimum Gasteiger partial charge on any atom is -0.363 e. The molecule has 1 atom stereocenters. The Morgan fingerprint density at radius 1 is 1.03 bits per heavy atom. The molecule has 0 saturated carbocycles. The van der Waals surface area contributed by atoms with Gasteiger partial charge in [0.2, 0.25) is 11.8 Å². The molecule has 0 bridgehead atoms. The van der Waals surface area contributed by atoms with Gasteiger partial charge in [-0.1, -0.05) is 24.3 Å². The molecule has 0 aliphatic heterocycles. The molecule has 0 radical (unpaired) electrons. The van der Waals surface area contributed by atoms with Crippen LogP contribution in [0.25, 0.3) is 0 Å². The van der Waals surface area contributed by atoms with Gasteiger partial charge in [0.25, 0.3) is 0 Å². The van der Waals surface area contributed by atoms with E-state index < -0.39 is 6.04 Å². The standard InChI is InChI=1S/C22H25N7O2/c23-29-14-17-5-3-16(4-6-17)13-27-21(19-2-1-9-25-19)22(31)28-15-20(30)26-12-18-7-10-24-11-8-18/h1-11,14,21,25,27H,12-13,15,23H2,(H,26,30)(H,28,31). The lowest BCUT2D eigenvalue weighted by Crippen LogP contribution is -2.42. The first-order valence-corrected chi connectivity index (χ1v) is 9.78. The highest BCUT2D eigenvalue weighted by Crippen LogP contribution is 2.12. The van der Waals surface area contributed by atoms with E-state index in [0.717, 1.165) is 16.7 Å². The highest BCUT2D eigenvalue weighted by atomic mass is 16.2. The number of pyridine rings is 1. The quantitative estimate of drug-likeness (QED) is 0.189. The number of hydrazone groups is 1. The van der Waals surface area contributed by atoms with Crippen LogP contribution in [0, 0.1) is 0 Å². The molecule has 9 nitrogen and oxygen atoms in total. The lowest BCUT2D eigenvalue weighted by atomic mass is 10.1. The second-order valence-corrected chi connectivity index (χ2v) is 6.81. The largest absolute Gasteiger partial charge is 0.363 e. The number of aromatic amines is 1. The topological polar surface area (TPSA) is 137 Å². The minimum absolute atomic E-state index is 0.115. The second kappa shape index (κ2) is 11.3. The average molecular weight is 419 g/mol. The number of nitrogens with one attached hydrogen (secondary N) is 4. The predicted octanol–water partition coefficient (Wildman–Crippen LogP) is 0.966. The van der Waals surface area contributed by atoms with Gasteiger partial charge in [0, 0.05) is 37.4 Å². The Bertz CT molecular complexity index is 986. The minimum atomic E-state index is -0.631. The third-order valence-electron chi connectivity index (χ3n) is 4.57. The molecular formula is C22H25N7O2. The van der Waals surface area contributed by atoms with Crippen molar-refractivity contribution in [3.63, 3.8) is 0 Å². The fourth-order valence-electron chi connectivity index (χ4n) is 2.93. The monoisotopic (exact) mass is 419 g/mol. The number of rotatable bonds is 10. The van der Waals surface area contributed by atoms with Crippen molar-refractivity contribution in [2.75, 3.05) is 6.54 Å². The molecule has 0 fully saturated rings. The van der Waals surface area contributed by atoms with E-state index >= 15 is 0 Å². The second-order valence-electron chi connectivity index (χ2n) is 6.81. The third kappa shape index (κ3) is 6.79. The summed E-state index contributed by atoms with van der Waals surface area (Å²) >= 11 is 0. The van der Waals surface area contributed by atoms with Gasteiger partial charge in [0.1, 0.15) is 6.04 Å². The van der Waals surface area contributed by atoms with E-state index in [1.165, 1.54) is 0 Å². The zero-order chi connectivity index (χ0) is 21.9. The Balaban J connectivity index is 1.53. The number of H-pyrrole nitrogens is 1. The van der Waals surface area contributed by atoms with Gasteiger partial charge in [0.05, 0.1) is 12.8 Å². The molecule has 6 N–H and O–H groups in total. The highest BCUT2D eigenvalue weighted by Gasteiger charge is 2.21. The molecule has 0 saturated heterocycles. The van der Waals surface area contributed by atoms with Crippen molar-refractivity contribution in [3.05, 3.63) is 89.5 Å². The zero-order valence-electron chi connectivity index (χ0n) is 16.9. The van der Waals surface area contributed by atoms with Crippen LogP contribution in [0.4, 0.5) is 0 Å². The van der Waals surface area contributed by atoms with Crippen molar-refractivity contribution >= 4 is 18.0 Å². The van der Waals surface area contributed by atoms with Gasteiger partial charge in [-0.05, 0) is 41.0 Å². The van der Waals surface area contributed by atoms with Crippen LogP contribution in [0.3, 0.4) is 0 Å². The van der Waals surface area contributed by atoms with Crippen molar-refractivity contribution < 1.29 is 9.59 Å². The van der Waals surface area contributed by atoms with E-state index in [1.807, 2.05) is 48.5 Å². The molecule has 160 valence electrons. The molecule has 0 aliphatic rings. The van der Waals surface area contributed by atoms with Gasteiger partial charge in [-0.25, -0.2) is 0 Å². The summed E-state index contributed by atoms with van der Waals surface area (Å²) in [7, 11) is 0. The Labute approximate surface area is 180 Å². The highest BCUT2D eigenvalue weighted by molar-refractivity contribution is 5.88. The number of carbonyl (C=O) groups is 2. The van der Waals surface area contributed by atoms with E-state index in [4.69, 9.17) is 5.84 Å². The summed E-state index contributed by atoms with van der Waals surface area (Å²) in [5.74, 6) is 4.59. The number of nitrogens with zero attached hydrogens (tertiary/aromatic N) is 2. The molecule has 2 aromatic heterocycles. The number of amides is 2. The van der Waals surface area contributed by atoms with Crippen LogP contribution in [-0.4, -0.2) is 34.5 Å². The van der Waals surface area contributed by atoms with Crippen LogP contribution < -0.4 is 21.8 Å².